The van der Waals surface area contributed by atoms with Crippen LogP contribution < -0.4 is 16.0 Å². The first-order valence-corrected chi connectivity index (χ1v) is 9.01. The summed E-state index contributed by atoms with van der Waals surface area (Å²) < 4.78 is 23.6. The Hall–Kier alpha value is -3.68. The van der Waals surface area contributed by atoms with Gasteiger partial charge in [-0.2, -0.15) is 4.98 Å². The Morgan fingerprint density at radius 1 is 1.00 bits per heavy atom. The van der Waals surface area contributed by atoms with Gasteiger partial charge in [-0.25, -0.2) is 9.18 Å². The first-order valence-electron chi connectivity index (χ1n) is 9.01. The van der Waals surface area contributed by atoms with Gasteiger partial charge in [-0.05, 0) is 25.1 Å². The van der Waals surface area contributed by atoms with Crippen LogP contribution in [0, 0.1) is 12.7 Å². The van der Waals surface area contributed by atoms with Crippen molar-refractivity contribution in [3.63, 3.8) is 0 Å². The topological polar surface area (TPSA) is 71.1 Å². The van der Waals surface area contributed by atoms with Gasteiger partial charge < -0.3 is 4.74 Å². The summed E-state index contributed by atoms with van der Waals surface area (Å²) in [6, 6.07) is 13.5. The van der Waals surface area contributed by atoms with Crippen molar-refractivity contribution < 1.29 is 9.13 Å². The van der Waals surface area contributed by atoms with Crippen LogP contribution >= 0.6 is 0 Å². The summed E-state index contributed by atoms with van der Waals surface area (Å²) in [4.78, 5) is 30.2. The summed E-state index contributed by atoms with van der Waals surface area (Å²) in [7, 11) is 3.04. The number of hydrogen-bond donors (Lipinski definition) is 0. The number of halogens is 1. The molecule has 0 saturated heterocycles. The van der Waals surface area contributed by atoms with Crippen LogP contribution in [0.25, 0.3) is 11.2 Å². The number of benzene rings is 2. The van der Waals surface area contributed by atoms with Crippen molar-refractivity contribution in [2.75, 3.05) is 0 Å². The van der Waals surface area contributed by atoms with Crippen molar-refractivity contribution in [1.29, 1.82) is 0 Å². The molecule has 29 heavy (non-hydrogen) atoms. The standard InChI is InChI=1S/C21H19FN4O3/c1-13-8-10-15(11-9-13)29-20-23-18-17(19(27)25(20)3)26(21(28)24(18)2)12-14-6-4-5-7-16(14)22/h4-11H,12H2,1-3H3. The van der Waals surface area contributed by atoms with Gasteiger partial charge in [0.25, 0.3) is 5.56 Å². The van der Waals surface area contributed by atoms with E-state index >= 15 is 0 Å². The lowest BCUT2D eigenvalue weighted by atomic mass is 10.2. The Morgan fingerprint density at radius 2 is 1.69 bits per heavy atom. The average Bonchev–Trinajstić information content (AvgIpc) is 2.94. The number of imidazole rings is 1. The van der Waals surface area contributed by atoms with E-state index < -0.39 is 17.1 Å². The van der Waals surface area contributed by atoms with Crippen molar-refractivity contribution in [3.8, 4) is 11.8 Å². The summed E-state index contributed by atoms with van der Waals surface area (Å²) in [5, 5.41) is 0. The second kappa shape index (κ2) is 7.05. The highest BCUT2D eigenvalue weighted by Crippen LogP contribution is 2.20. The summed E-state index contributed by atoms with van der Waals surface area (Å²) in [6.45, 7) is 1.88. The van der Waals surface area contributed by atoms with Gasteiger partial charge in [-0.1, -0.05) is 35.9 Å². The molecule has 2 aromatic heterocycles. The zero-order valence-corrected chi connectivity index (χ0v) is 16.2. The van der Waals surface area contributed by atoms with Crippen LogP contribution in [0.3, 0.4) is 0 Å². The quantitative estimate of drug-likeness (QED) is 0.534. The maximum absolute atomic E-state index is 14.1. The number of fused-ring (bicyclic) bond motifs is 1. The molecule has 0 aliphatic heterocycles. The molecule has 0 amide bonds. The van der Waals surface area contributed by atoms with E-state index in [-0.39, 0.29) is 23.7 Å². The molecule has 0 spiro atoms. The van der Waals surface area contributed by atoms with E-state index in [0.717, 1.165) is 5.56 Å². The first-order chi connectivity index (χ1) is 13.9. The van der Waals surface area contributed by atoms with Crippen molar-refractivity contribution in [2.45, 2.75) is 13.5 Å². The minimum atomic E-state index is -0.458. The third kappa shape index (κ3) is 3.22. The summed E-state index contributed by atoms with van der Waals surface area (Å²) in [5.74, 6) is 0.0775. The molecule has 0 aliphatic carbocycles. The van der Waals surface area contributed by atoms with Gasteiger partial charge in [0.15, 0.2) is 11.2 Å². The van der Waals surface area contributed by atoms with E-state index in [0.29, 0.717) is 11.3 Å². The number of aryl methyl sites for hydroxylation is 2. The molecule has 7 nitrogen and oxygen atoms in total. The van der Waals surface area contributed by atoms with Gasteiger partial charge in [0.1, 0.15) is 11.6 Å². The molecular formula is C21H19FN4O3. The molecule has 0 aliphatic rings. The van der Waals surface area contributed by atoms with Crippen LogP contribution in [-0.2, 0) is 20.6 Å². The van der Waals surface area contributed by atoms with E-state index in [9.17, 15) is 14.0 Å². The van der Waals surface area contributed by atoms with Gasteiger partial charge in [0.2, 0.25) is 0 Å². The normalized spacial score (nSPS) is 11.2. The van der Waals surface area contributed by atoms with Crippen LogP contribution in [0.4, 0.5) is 4.39 Å². The Kier molecular flexibility index (Phi) is 4.54. The lowest BCUT2D eigenvalue weighted by Gasteiger charge is -2.10. The maximum atomic E-state index is 14.1. The third-order valence-corrected chi connectivity index (χ3v) is 4.83. The smallest absolute Gasteiger partial charge is 0.330 e. The first kappa shape index (κ1) is 18.7. The van der Waals surface area contributed by atoms with E-state index in [2.05, 4.69) is 4.98 Å². The molecule has 0 unspecified atom stereocenters. The molecule has 4 aromatic rings. The van der Waals surface area contributed by atoms with E-state index in [1.807, 2.05) is 19.1 Å². The zero-order chi connectivity index (χ0) is 20.7. The Morgan fingerprint density at radius 3 is 2.38 bits per heavy atom. The summed E-state index contributed by atoms with van der Waals surface area (Å²) >= 11 is 0. The minimum Gasteiger partial charge on any atom is -0.425 e. The van der Waals surface area contributed by atoms with Gasteiger partial charge in [0, 0.05) is 19.7 Å². The molecular weight excluding hydrogens is 375 g/mol. The van der Waals surface area contributed by atoms with Crippen molar-refractivity contribution in [2.24, 2.45) is 14.1 Å². The van der Waals surface area contributed by atoms with Crippen LogP contribution in [0.15, 0.2) is 58.1 Å². The van der Waals surface area contributed by atoms with E-state index in [4.69, 9.17) is 4.74 Å². The summed E-state index contributed by atoms with van der Waals surface area (Å²) in [6.07, 6.45) is 0. The van der Waals surface area contributed by atoms with Crippen molar-refractivity contribution in [3.05, 3.63) is 86.3 Å². The van der Waals surface area contributed by atoms with Crippen LogP contribution in [0.1, 0.15) is 11.1 Å². The lowest BCUT2D eigenvalue weighted by molar-refractivity contribution is 0.415. The molecule has 4 rings (SSSR count). The van der Waals surface area contributed by atoms with Crippen molar-refractivity contribution >= 4 is 11.2 Å². The summed E-state index contributed by atoms with van der Waals surface area (Å²) in [5.41, 5.74) is 0.744. The fraction of sp³-hybridized carbons (Fsp3) is 0.190. The Labute approximate surface area is 165 Å². The fourth-order valence-electron chi connectivity index (χ4n) is 3.14. The maximum Gasteiger partial charge on any atom is 0.330 e. The fourth-order valence-corrected chi connectivity index (χ4v) is 3.14. The van der Waals surface area contributed by atoms with Crippen molar-refractivity contribution in [1.82, 2.24) is 18.7 Å². The number of ether oxygens (including phenoxy) is 1. The molecule has 0 N–H and O–H groups in total. The number of rotatable bonds is 4. The average molecular weight is 394 g/mol. The Balaban J connectivity index is 1.86. The van der Waals surface area contributed by atoms with E-state index in [1.54, 1.807) is 30.3 Å². The molecule has 0 atom stereocenters. The molecule has 0 radical (unpaired) electrons. The van der Waals surface area contributed by atoms with Crippen LogP contribution in [-0.4, -0.2) is 18.7 Å². The molecule has 2 heterocycles. The molecule has 0 bridgehead atoms. The largest absolute Gasteiger partial charge is 0.425 e. The third-order valence-electron chi connectivity index (χ3n) is 4.83. The predicted octanol–water partition coefficient (Wildman–Crippen LogP) is 2.72. The second-order valence-corrected chi connectivity index (χ2v) is 6.87. The number of nitrogens with zero attached hydrogens (tertiary/aromatic N) is 4. The SMILES string of the molecule is Cc1ccc(Oc2nc3c(c(=O)n2C)n(Cc2ccccc2F)c(=O)n3C)cc1. The second-order valence-electron chi connectivity index (χ2n) is 6.87. The number of aromatic nitrogens is 4. The molecule has 8 heteroatoms. The van der Waals surface area contributed by atoms with Gasteiger partial charge in [-0.15, -0.1) is 0 Å². The van der Waals surface area contributed by atoms with Gasteiger partial charge >= 0.3 is 11.7 Å². The highest BCUT2D eigenvalue weighted by atomic mass is 19.1. The number of hydrogen-bond acceptors (Lipinski definition) is 4. The predicted molar refractivity (Wildman–Crippen MR) is 107 cm³/mol. The molecule has 148 valence electrons. The zero-order valence-electron chi connectivity index (χ0n) is 16.2. The van der Waals surface area contributed by atoms with Crippen LogP contribution in [0.5, 0.6) is 11.8 Å². The monoisotopic (exact) mass is 394 g/mol. The molecule has 0 saturated carbocycles. The van der Waals surface area contributed by atoms with Crippen LogP contribution in [0.2, 0.25) is 0 Å². The lowest BCUT2D eigenvalue weighted by Crippen LogP contribution is -2.26. The van der Waals surface area contributed by atoms with Gasteiger partial charge in [0.05, 0.1) is 6.54 Å². The highest BCUT2D eigenvalue weighted by molar-refractivity contribution is 5.71. The highest BCUT2D eigenvalue weighted by Gasteiger charge is 2.20. The Bertz CT molecular complexity index is 1330. The van der Waals surface area contributed by atoms with E-state index in [1.165, 1.54) is 33.9 Å². The molecule has 2 aromatic carbocycles. The van der Waals surface area contributed by atoms with Gasteiger partial charge in [-0.3, -0.25) is 18.5 Å². The molecule has 0 fully saturated rings. The minimum absolute atomic E-state index is 0.0602.